The molecule has 0 aromatic heterocycles. The normalized spacial score (nSPS) is 21.7. The Morgan fingerprint density at radius 3 is 2.35 bits per heavy atom. The number of hydrogen-bond donors (Lipinski definition) is 2. The number of nitrogens with one attached hydrogen (secondary N) is 1. The van der Waals surface area contributed by atoms with Crippen molar-refractivity contribution < 1.29 is 14.4 Å². The van der Waals surface area contributed by atoms with Crippen LogP contribution in [0.2, 0.25) is 0 Å². The Kier molecular flexibility index (Phi) is 8.69. The minimum Gasteiger partial charge on any atom is -0.330 e. The second kappa shape index (κ2) is 11.9. The molecule has 1 aromatic rings. The largest absolute Gasteiger partial charge is 0.330 e. The zero-order valence-corrected chi connectivity index (χ0v) is 20.3. The first-order valence-electron chi connectivity index (χ1n) is 13.0. The van der Waals surface area contributed by atoms with E-state index in [1.54, 1.807) is 4.90 Å². The van der Waals surface area contributed by atoms with Crippen LogP contribution in [-0.2, 0) is 22.7 Å². The summed E-state index contributed by atoms with van der Waals surface area (Å²) in [5, 5.41) is 2.38. The van der Waals surface area contributed by atoms with E-state index in [1.165, 1.54) is 38.6 Å². The van der Waals surface area contributed by atoms with Crippen LogP contribution in [-0.4, -0.2) is 77.7 Å². The monoisotopic (exact) mass is 469 g/mol. The van der Waals surface area contributed by atoms with Gasteiger partial charge in [-0.2, -0.15) is 0 Å². The lowest BCUT2D eigenvalue weighted by Crippen LogP contribution is -2.52. The van der Waals surface area contributed by atoms with Crippen molar-refractivity contribution in [3.05, 3.63) is 34.9 Å². The molecule has 1 aromatic carbocycles. The van der Waals surface area contributed by atoms with Crippen molar-refractivity contribution in [3.63, 3.8) is 0 Å². The smallest absolute Gasteiger partial charge is 0.255 e. The average Bonchev–Trinajstić information content (AvgIpc) is 3.16. The van der Waals surface area contributed by atoms with Crippen LogP contribution in [0.4, 0.5) is 0 Å². The first-order chi connectivity index (χ1) is 16.6. The maximum atomic E-state index is 13.3. The summed E-state index contributed by atoms with van der Waals surface area (Å²) in [6, 6.07) is 5.48. The molecular formula is C26H39N5O3. The molecule has 3 aliphatic heterocycles. The highest BCUT2D eigenvalue weighted by Gasteiger charge is 2.40. The Morgan fingerprint density at radius 2 is 1.62 bits per heavy atom. The molecule has 1 unspecified atom stereocenters. The summed E-state index contributed by atoms with van der Waals surface area (Å²) in [5.41, 5.74) is 8.33. The van der Waals surface area contributed by atoms with Crippen LogP contribution in [0.3, 0.4) is 0 Å². The van der Waals surface area contributed by atoms with Crippen molar-refractivity contribution in [1.29, 1.82) is 0 Å². The number of nitrogens with two attached hydrogens (primary N) is 1. The first-order valence-corrected chi connectivity index (χ1v) is 13.0. The summed E-state index contributed by atoms with van der Waals surface area (Å²) in [7, 11) is 0. The van der Waals surface area contributed by atoms with E-state index in [0.717, 1.165) is 62.4 Å². The zero-order chi connectivity index (χ0) is 23.9. The standard InChI is InChI=1S/C26H39N5O3/c27-12-5-3-1-2-4-6-13-29-14-16-30(17-15-29)18-20-8-7-9-21-19-31(26(34)24(20)21)22-10-11-23(32)28-25(22)33/h7-9,22H,1-6,10-19,27H2,(H,28,32,33). The number of hydrogen-bond acceptors (Lipinski definition) is 6. The Bertz CT molecular complexity index is 881. The lowest BCUT2D eigenvalue weighted by atomic mass is 10.0. The molecule has 4 rings (SSSR count). The molecule has 1 atom stereocenters. The van der Waals surface area contributed by atoms with Gasteiger partial charge in [0.15, 0.2) is 0 Å². The van der Waals surface area contributed by atoms with Crippen molar-refractivity contribution >= 4 is 17.7 Å². The Labute approximate surface area is 202 Å². The molecular weight excluding hydrogens is 430 g/mol. The predicted molar refractivity (Wildman–Crippen MR) is 131 cm³/mol. The van der Waals surface area contributed by atoms with Crippen LogP contribution in [0.15, 0.2) is 18.2 Å². The number of fused-ring (bicyclic) bond motifs is 1. The predicted octanol–water partition coefficient (Wildman–Crippen LogP) is 1.86. The minimum atomic E-state index is -0.561. The number of amides is 3. The van der Waals surface area contributed by atoms with Gasteiger partial charge in [0.25, 0.3) is 5.91 Å². The molecule has 186 valence electrons. The van der Waals surface area contributed by atoms with Gasteiger partial charge in [-0.3, -0.25) is 24.6 Å². The maximum absolute atomic E-state index is 13.3. The van der Waals surface area contributed by atoms with E-state index < -0.39 is 6.04 Å². The van der Waals surface area contributed by atoms with Gasteiger partial charge in [-0.25, -0.2) is 0 Å². The van der Waals surface area contributed by atoms with E-state index >= 15 is 0 Å². The topological polar surface area (TPSA) is 99.0 Å². The fraction of sp³-hybridized carbons (Fsp3) is 0.654. The van der Waals surface area contributed by atoms with Crippen LogP contribution >= 0.6 is 0 Å². The number of rotatable bonds is 11. The number of imide groups is 1. The summed E-state index contributed by atoms with van der Waals surface area (Å²) < 4.78 is 0. The minimum absolute atomic E-state index is 0.0785. The molecule has 3 aliphatic rings. The molecule has 0 saturated carbocycles. The fourth-order valence-electron chi connectivity index (χ4n) is 5.42. The van der Waals surface area contributed by atoms with Crippen LogP contribution < -0.4 is 11.1 Å². The number of carbonyl (C=O) groups is 3. The molecule has 0 spiro atoms. The van der Waals surface area contributed by atoms with Crippen molar-refractivity contribution in [2.75, 3.05) is 39.3 Å². The van der Waals surface area contributed by atoms with Gasteiger partial charge < -0.3 is 15.5 Å². The van der Waals surface area contributed by atoms with Crippen LogP contribution in [0.1, 0.15) is 72.9 Å². The average molecular weight is 470 g/mol. The molecule has 8 nitrogen and oxygen atoms in total. The van der Waals surface area contributed by atoms with E-state index in [9.17, 15) is 14.4 Å². The van der Waals surface area contributed by atoms with Crippen molar-refractivity contribution in [2.24, 2.45) is 5.73 Å². The van der Waals surface area contributed by atoms with E-state index in [0.29, 0.717) is 13.0 Å². The lowest BCUT2D eigenvalue weighted by Gasteiger charge is -2.35. The number of carbonyl (C=O) groups excluding carboxylic acids is 3. The number of unbranched alkanes of at least 4 members (excludes halogenated alkanes) is 5. The Hall–Kier alpha value is -2.29. The molecule has 0 aliphatic carbocycles. The van der Waals surface area contributed by atoms with E-state index in [2.05, 4.69) is 15.1 Å². The van der Waals surface area contributed by atoms with Gasteiger partial charge in [0, 0.05) is 51.3 Å². The maximum Gasteiger partial charge on any atom is 0.255 e. The van der Waals surface area contributed by atoms with E-state index in [-0.39, 0.29) is 24.1 Å². The summed E-state index contributed by atoms with van der Waals surface area (Å²) in [6.07, 6.45) is 8.25. The molecule has 0 bridgehead atoms. The van der Waals surface area contributed by atoms with Gasteiger partial charge in [0.05, 0.1) is 0 Å². The highest BCUT2D eigenvalue weighted by atomic mass is 16.2. The Morgan fingerprint density at radius 1 is 0.912 bits per heavy atom. The first kappa shape index (κ1) is 24.8. The molecule has 3 N–H and O–H groups in total. The summed E-state index contributed by atoms with van der Waals surface area (Å²) in [5.74, 6) is -0.691. The highest BCUT2D eigenvalue weighted by molar-refractivity contribution is 6.05. The van der Waals surface area contributed by atoms with Gasteiger partial charge in [0.1, 0.15) is 6.04 Å². The molecule has 34 heavy (non-hydrogen) atoms. The third-order valence-corrected chi connectivity index (χ3v) is 7.43. The quantitative estimate of drug-likeness (QED) is 0.379. The fourth-order valence-corrected chi connectivity index (χ4v) is 5.42. The Balaban J connectivity index is 1.25. The van der Waals surface area contributed by atoms with Crippen LogP contribution in [0, 0.1) is 0 Å². The van der Waals surface area contributed by atoms with E-state index in [1.807, 2.05) is 18.2 Å². The van der Waals surface area contributed by atoms with Gasteiger partial charge in [-0.15, -0.1) is 0 Å². The number of benzene rings is 1. The van der Waals surface area contributed by atoms with Crippen molar-refractivity contribution in [1.82, 2.24) is 20.0 Å². The van der Waals surface area contributed by atoms with Gasteiger partial charge in [-0.05, 0) is 43.5 Å². The van der Waals surface area contributed by atoms with Crippen LogP contribution in [0.25, 0.3) is 0 Å². The molecule has 3 amide bonds. The SMILES string of the molecule is NCCCCCCCCN1CCN(Cc2cccc3c2C(=O)N(C2CCC(=O)NC2=O)C3)CC1. The molecule has 8 heteroatoms. The summed E-state index contributed by atoms with van der Waals surface area (Å²) in [4.78, 5) is 43.8. The summed E-state index contributed by atoms with van der Waals surface area (Å²) in [6.45, 7) is 7.32. The second-order valence-corrected chi connectivity index (χ2v) is 9.88. The molecule has 2 fully saturated rings. The van der Waals surface area contributed by atoms with E-state index in [4.69, 9.17) is 5.73 Å². The molecule has 3 heterocycles. The number of piperazine rings is 1. The molecule has 2 saturated heterocycles. The van der Waals surface area contributed by atoms with Gasteiger partial charge >= 0.3 is 0 Å². The van der Waals surface area contributed by atoms with Gasteiger partial charge in [0.2, 0.25) is 11.8 Å². The third kappa shape index (κ3) is 6.03. The zero-order valence-electron chi connectivity index (χ0n) is 20.3. The third-order valence-electron chi connectivity index (χ3n) is 7.43. The lowest BCUT2D eigenvalue weighted by molar-refractivity contribution is -0.136. The summed E-state index contributed by atoms with van der Waals surface area (Å²) >= 11 is 0. The second-order valence-electron chi connectivity index (χ2n) is 9.88. The number of nitrogens with zero attached hydrogens (tertiary/aromatic N) is 3. The van der Waals surface area contributed by atoms with Gasteiger partial charge in [-0.1, -0.05) is 43.9 Å². The van der Waals surface area contributed by atoms with Crippen molar-refractivity contribution in [2.45, 2.75) is 70.5 Å². The highest BCUT2D eigenvalue weighted by Crippen LogP contribution is 2.30. The molecule has 0 radical (unpaired) electrons. The van der Waals surface area contributed by atoms with Crippen LogP contribution in [0.5, 0.6) is 0 Å². The number of piperidine rings is 1. The van der Waals surface area contributed by atoms with Crippen molar-refractivity contribution in [3.8, 4) is 0 Å².